The average molecular weight is 363 g/mol. The van der Waals surface area contributed by atoms with Gasteiger partial charge in [-0.15, -0.1) is 0 Å². The Morgan fingerprint density at radius 2 is 1.92 bits per heavy atom. The number of aliphatic hydroxyl groups excluding tert-OH is 2. The molecule has 0 aromatic carbocycles. The number of carbonyl (C=O) groups excluding carboxylic acids is 1. The van der Waals surface area contributed by atoms with Crippen LogP contribution < -0.4 is 0 Å². The van der Waals surface area contributed by atoms with Gasteiger partial charge in [0.1, 0.15) is 6.10 Å². The van der Waals surface area contributed by atoms with Gasteiger partial charge in [0.2, 0.25) is 0 Å². The van der Waals surface area contributed by atoms with Crippen molar-refractivity contribution in [3.8, 4) is 0 Å². The highest BCUT2D eigenvalue weighted by molar-refractivity contribution is 5.66. The fourth-order valence-electron chi connectivity index (χ4n) is 7.12. The van der Waals surface area contributed by atoms with Gasteiger partial charge in [-0.1, -0.05) is 32.4 Å². The molecule has 0 bridgehead atoms. The maximum Gasteiger partial charge on any atom is 0.302 e. The number of fused-ring (bicyclic) bond motifs is 5. The molecule has 4 rings (SSSR count). The van der Waals surface area contributed by atoms with E-state index in [1.165, 1.54) is 25.3 Å². The fourth-order valence-corrected chi connectivity index (χ4v) is 7.12. The minimum absolute atomic E-state index is 0.158. The number of esters is 1. The average Bonchev–Trinajstić information content (AvgIpc) is 2.80. The smallest absolute Gasteiger partial charge is 0.302 e. The lowest BCUT2D eigenvalue weighted by Crippen LogP contribution is -2.55. The molecular formula is C22H34O4. The summed E-state index contributed by atoms with van der Waals surface area (Å²) >= 11 is 0. The maximum absolute atomic E-state index is 11.5. The van der Waals surface area contributed by atoms with E-state index in [1.807, 2.05) is 0 Å². The standard InChI is InChI=1S/C22H34O4/c1-12-5-7-21(3)14(9-12)10-17(24)19-15(21)6-8-22(4)16(19)11-18(20(22)25)26-13(2)23/h10,12,15-20,24-25H,5-9,11H2,1-4H3/t12-,15?,16?,17?,18-,19?,20+,21+,22+/m1/s1. The predicted octanol–water partition coefficient (Wildman–Crippen LogP) is 3.46. The minimum Gasteiger partial charge on any atom is -0.460 e. The molecule has 0 heterocycles. The third kappa shape index (κ3) is 2.51. The van der Waals surface area contributed by atoms with Crippen LogP contribution in [-0.2, 0) is 9.53 Å². The van der Waals surface area contributed by atoms with Crippen molar-refractivity contribution in [1.82, 2.24) is 0 Å². The van der Waals surface area contributed by atoms with Crippen molar-refractivity contribution < 1.29 is 19.7 Å². The molecule has 26 heavy (non-hydrogen) atoms. The molecule has 9 atom stereocenters. The first-order valence-corrected chi connectivity index (χ1v) is 10.4. The largest absolute Gasteiger partial charge is 0.460 e. The van der Waals surface area contributed by atoms with E-state index in [0.717, 1.165) is 19.3 Å². The van der Waals surface area contributed by atoms with Gasteiger partial charge in [0.05, 0.1) is 12.2 Å². The Bertz CT molecular complexity index is 628. The molecule has 3 saturated carbocycles. The predicted molar refractivity (Wildman–Crippen MR) is 99.2 cm³/mol. The van der Waals surface area contributed by atoms with E-state index >= 15 is 0 Å². The molecule has 4 nitrogen and oxygen atoms in total. The minimum atomic E-state index is -0.630. The molecule has 0 amide bonds. The summed E-state index contributed by atoms with van der Waals surface area (Å²) in [6.45, 7) is 8.27. The summed E-state index contributed by atoms with van der Waals surface area (Å²) < 4.78 is 5.46. The number of rotatable bonds is 1. The normalized spacial score (nSPS) is 53.2. The molecule has 4 aliphatic rings. The lowest BCUT2D eigenvalue weighted by molar-refractivity contribution is -0.153. The van der Waals surface area contributed by atoms with Crippen LogP contribution in [0.5, 0.6) is 0 Å². The molecule has 0 aromatic rings. The molecule has 4 heteroatoms. The third-order valence-electron chi connectivity index (χ3n) is 8.64. The highest BCUT2D eigenvalue weighted by atomic mass is 16.6. The van der Waals surface area contributed by atoms with Crippen molar-refractivity contribution in [3.63, 3.8) is 0 Å². The molecular weight excluding hydrogens is 328 g/mol. The van der Waals surface area contributed by atoms with E-state index in [4.69, 9.17) is 4.74 Å². The van der Waals surface area contributed by atoms with Crippen LogP contribution >= 0.6 is 0 Å². The number of hydrogen-bond acceptors (Lipinski definition) is 4. The summed E-state index contributed by atoms with van der Waals surface area (Å²) in [6, 6.07) is 0. The van der Waals surface area contributed by atoms with Crippen molar-refractivity contribution in [2.75, 3.05) is 0 Å². The van der Waals surface area contributed by atoms with Gasteiger partial charge in [-0.05, 0) is 67.6 Å². The van der Waals surface area contributed by atoms with Crippen molar-refractivity contribution in [3.05, 3.63) is 11.6 Å². The SMILES string of the molecule is CC(=O)O[C@@H]1CC2C3C(O)C=C4C[C@H](C)CC[C@]4(C)C3CC[C@]2(C)[C@H]1O. The molecule has 0 aliphatic heterocycles. The Balaban J connectivity index is 1.68. The first kappa shape index (κ1) is 18.5. The Morgan fingerprint density at radius 3 is 2.62 bits per heavy atom. The molecule has 0 aromatic heterocycles. The Hall–Kier alpha value is -0.870. The summed E-state index contributed by atoms with van der Waals surface area (Å²) in [4.78, 5) is 11.5. The fraction of sp³-hybridized carbons (Fsp3) is 0.864. The van der Waals surface area contributed by atoms with Crippen molar-refractivity contribution in [1.29, 1.82) is 0 Å². The molecule has 3 fully saturated rings. The molecule has 146 valence electrons. The second-order valence-corrected chi connectivity index (χ2v) is 10.1. The van der Waals surface area contributed by atoms with Gasteiger partial charge in [-0.2, -0.15) is 0 Å². The van der Waals surface area contributed by atoms with Crippen LogP contribution in [0.3, 0.4) is 0 Å². The third-order valence-corrected chi connectivity index (χ3v) is 8.64. The van der Waals surface area contributed by atoms with E-state index in [-0.39, 0.29) is 28.6 Å². The van der Waals surface area contributed by atoms with Crippen molar-refractivity contribution in [2.24, 2.45) is 34.5 Å². The molecule has 4 unspecified atom stereocenters. The van der Waals surface area contributed by atoms with Crippen LogP contribution in [0.25, 0.3) is 0 Å². The molecule has 0 radical (unpaired) electrons. The highest BCUT2D eigenvalue weighted by Gasteiger charge is 2.63. The molecule has 2 N–H and O–H groups in total. The van der Waals surface area contributed by atoms with Crippen LogP contribution in [0.15, 0.2) is 11.6 Å². The van der Waals surface area contributed by atoms with Crippen LogP contribution in [-0.4, -0.2) is 34.5 Å². The van der Waals surface area contributed by atoms with Crippen LogP contribution in [0.4, 0.5) is 0 Å². The second kappa shape index (κ2) is 6.07. The number of hydrogen-bond donors (Lipinski definition) is 2. The Morgan fingerprint density at radius 1 is 1.19 bits per heavy atom. The van der Waals surface area contributed by atoms with Gasteiger partial charge in [0, 0.05) is 12.3 Å². The topological polar surface area (TPSA) is 66.8 Å². The van der Waals surface area contributed by atoms with Crippen LogP contribution in [0.2, 0.25) is 0 Å². The summed E-state index contributed by atoms with van der Waals surface area (Å²) in [5, 5.41) is 22.0. The summed E-state index contributed by atoms with van der Waals surface area (Å²) in [5.74, 6) is 1.20. The summed E-state index contributed by atoms with van der Waals surface area (Å²) in [7, 11) is 0. The van der Waals surface area contributed by atoms with Gasteiger partial charge >= 0.3 is 5.97 Å². The second-order valence-electron chi connectivity index (χ2n) is 10.1. The van der Waals surface area contributed by atoms with Crippen LogP contribution in [0.1, 0.15) is 66.2 Å². The number of ether oxygens (including phenoxy) is 1. The number of aliphatic hydroxyl groups is 2. The number of carbonyl (C=O) groups is 1. The lowest BCUT2D eigenvalue weighted by Gasteiger charge is -2.58. The first-order chi connectivity index (χ1) is 12.2. The zero-order valence-electron chi connectivity index (χ0n) is 16.6. The van der Waals surface area contributed by atoms with E-state index in [9.17, 15) is 15.0 Å². The quantitative estimate of drug-likeness (QED) is 0.554. The Kier molecular flexibility index (Phi) is 4.31. The number of allylic oxidation sites excluding steroid dienone is 1. The van der Waals surface area contributed by atoms with E-state index in [1.54, 1.807) is 0 Å². The van der Waals surface area contributed by atoms with Crippen molar-refractivity contribution >= 4 is 5.97 Å². The van der Waals surface area contributed by atoms with Gasteiger partial charge in [0.25, 0.3) is 0 Å². The maximum atomic E-state index is 11.5. The van der Waals surface area contributed by atoms with Gasteiger partial charge in [-0.25, -0.2) is 0 Å². The highest BCUT2D eigenvalue weighted by Crippen LogP contribution is 2.65. The summed E-state index contributed by atoms with van der Waals surface area (Å²) in [5.41, 5.74) is 1.37. The lowest BCUT2D eigenvalue weighted by atomic mass is 9.47. The first-order valence-electron chi connectivity index (χ1n) is 10.4. The Labute approximate surface area is 157 Å². The van der Waals surface area contributed by atoms with Gasteiger partial charge in [0.15, 0.2) is 0 Å². The summed E-state index contributed by atoms with van der Waals surface area (Å²) in [6.07, 6.45) is 6.87. The van der Waals surface area contributed by atoms with Crippen LogP contribution in [0, 0.1) is 34.5 Å². The molecule has 4 aliphatic carbocycles. The van der Waals surface area contributed by atoms with Crippen molar-refractivity contribution in [2.45, 2.75) is 84.5 Å². The zero-order chi connectivity index (χ0) is 18.9. The van der Waals surface area contributed by atoms with Gasteiger partial charge < -0.3 is 14.9 Å². The monoisotopic (exact) mass is 362 g/mol. The molecule has 0 spiro atoms. The van der Waals surface area contributed by atoms with E-state index < -0.39 is 18.3 Å². The van der Waals surface area contributed by atoms with Gasteiger partial charge in [-0.3, -0.25) is 4.79 Å². The zero-order valence-corrected chi connectivity index (χ0v) is 16.6. The van der Waals surface area contributed by atoms with E-state index in [2.05, 4.69) is 26.8 Å². The molecule has 0 saturated heterocycles. The van der Waals surface area contributed by atoms with E-state index in [0.29, 0.717) is 18.3 Å².